The SMILES string of the molecule is COC(=O)c1ccc2nc(C)cc(NC(=O)/C=C/c3ccccc3)c2c1. The molecule has 0 fully saturated rings. The Labute approximate surface area is 151 Å². The van der Waals surface area contributed by atoms with E-state index in [0.717, 1.165) is 11.3 Å². The molecule has 5 nitrogen and oxygen atoms in total. The van der Waals surface area contributed by atoms with E-state index in [0.29, 0.717) is 22.2 Å². The maximum atomic E-state index is 12.3. The third-order valence-electron chi connectivity index (χ3n) is 3.84. The summed E-state index contributed by atoms with van der Waals surface area (Å²) < 4.78 is 4.76. The minimum atomic E-state index is -0.436. The van der Waals surface area contributed by atoms with Crippen LogP contribution in [0.1, 0.15) is 21.6 Å². The summed E-state index contributed by atoms with van der Waals surface area (Å²) in [5.41, 5.74) is 3.40. The molecule has 3 aromatic rings. The minimum Gasteiger partial charge on any atom is -0.465 e. The van der Waals surface area contributed by atoms with Gasteiger partial charge in [0.1, 0.15) is 0 Å². The van der Waals surface area contributed by atoms with Gasteiger partial charge in [0, 0.05) is 17.2 Å². The predicted molar refractivity (Wildman–Crippen MR) is 102 cm³/mol. The van der Waals surface area contributed by atoms with E-state index in [-0.39, 0.29) is 5.91 Å². The molecule has 1 aromatic heterocycles. The number of carbonyl (C=O) groups is 2. The number of nitrogens with one attached hydrogen (secondary N) is 1. The molecule has 0 aliphatic rings. The van der Waals surface area contributed by atoms with Crippen molar-refractivity contribution in [2.24, 2.45) is 0 Å². The van der Waals surface area contributed by atoms with Crippen molar-refractivity contribution in [1.82, 2.24) is 4.98 Å². The van der Waals surface area contributed by atoms with E-state index in [2.05, 4.69) is 10.3 Å². The summed E-state index contributed by atoms with van der Waals surface area (Å²) in [7, 11) is 1.33. The highest BCUT2D eigenvalue weighted by atomic mass is 16.5. The second-order valence-electron chi connectivity index (χ2n) is 5.77. The molecule has 0 unspecified atom stereocenters. The standard InChI is InChI=1S/C21H18N2O3/c1-14-12-19(23-20(24)11-8-15-6-4-3-5-7-15)17-13-16(21(25)26-2)9-10-18(17)22-14/h3-13H,1-2H3,(H,22,23,24)/b11-8+. The lowest BCUT2D eigenvalue weighted by Crippen LogP contribution is -2.09. The molecule has 1 heterocycles. The normalized spacial score (nSPS) is 10.8. The summed E-state index contributed by atoms with van der Waals surface area (Å²) in [4.78, 5) is 28.5. The van der Waals surface area contributed by atoms with Crippen molar-refractivity contribution in [2.45, 2.75) is 6.92 Å². The molecule has 0 spiro atoms. The first-order valence-corrected chi connectivity index (χ1v) is 8.10. The van der Waals surface area contributed by atoms with Crippen LogP contribution in [0.4, 0.5) is 5.69 Å². The van der Waals surface area contributed by atoms with Crippen molar-refractivity contribution >= 4 is 34.5 Å². The van der Waals surface area contributed by atoms with Crippen LogP contribution < -0.4 is 5.32 Å². The first-order chi connectivity index (χ1) is 12.6. The van der Waals surface area contributed by atoms with Crippen LogP contribution in [0.2, 0.25) is 0 Å². The zero-order valence-electron chi connectivity index (χ0n) is 14.5. The number of hydrogen-bond donors (Lipinski definition) is 1. The van der Waals surface area contributed by atoms with E-state index >= 15 is 0 Å². The Kier molecular flexibility index (Phi) is 5.08. The molecular weight excluding hydrogens is 328 g/mol. The number of nitrogens with zero attached hydrogens (tertiary/aromatic N) is 1. The van der Waals surface area contributed by atoms with Crippen LogP contribution >= 0.6 is 0 Å². The fourth-order valence-electron chi connectivity index (χ4n) is 2.62. The van der Waals surface area contributed by atoms with Crippen molar-refractivity contribution in [3.05, 3.63) is 77.5 Å². The van der Waals surface area contributed by atoms with E-state index in [1.54, 1.807) is 30.3 Å². The van der Waals surface area contributed by atoms with Crippen LogP contribution in [-0.4, -0.2) is 24.0 Å². The van der Waals surface area contributed by atoms with E-state index in [4.69, 9.17) is 4.74 Å². The number of methoxy groups -OCH3 is 1. The van der Waals surface area contributed by atoms with Crippen LogP contribution in [0.25, 0.3) is 17.0 Å². The maximum Gasteiger partial charge on any atom is 0.337 e. The fraction of sp³-hybridized carbons (Fsp3) is 0.0952. The maximum absolute atomic E-state index is 12.3. The molecule has 26 heavy (non-hydrogen) atoms. The Bertz CT molecular complexity index is 995. The van der Waals surface area contributed by atoms with Gasteiger partial charge in [-0.1, -0.05) is 30.3 Å². The number of aryl methyl sites for hydroxylation is 1. The van der Waals surface area contributed by atoms with Crippen LogP contribution in [0, 0.1) is 6.92 Å². The van der Waals surface area contributed by atoms with Gasteiger partial charge in [-0.15, -0.1) is 0 Å². The van der Waals surface area contributed by atoms with Crippen LogP contribution in [-0.2, 0) is 9.53 Å². The largest absolute Gasteiger partial charge is 0.465 e. The highest BCUT2D eigenvalue weighted by molar-refractivity contribution is 6.08. The number of aromatic nitrogens is 1. The van der Waals surface area contributed by atoms with Gasteiger partial charge in [-0.2, -0.15) is 0 Å². The molecular formula is C21H18N2O3. The molecule has 0 aliphatic carbocycles. The van der Waals surface area contributed by atoms with Gasteiger partial charge in [0.2, 0.25) is 5.91 Å². The molecule has 0 saturated heterocycles. The molecule has 1 amide bonds. The van der Waals surface area contributed by atoms with Gasteiger partial charge in [0.05, 0.1) is 23.9 Å². The Morgan fingerprint density at radius 3 is 2.58 bits per heavy atom. The van der Waals surface area contributed by atoms with Gasteiger partial charge in [-0.05, 0) is 42.8 Å². The molecule has 1 N–H and O–H groups in total. The Morgan fingerprint density at radius 1 is 1.08 bits per heavy atom. The number of hydrogen-bond acceptors (Lipinski definition) is 4. The minimum absolute atomic E-state index is 0.260. The summed E-state index contributed by atoms with van der Waals surface area (Å²) in [5, 5.41) is 3.54. The second kappa shape index (κ2) is 7.61. The molecule has 0 radical (unpaired) electrons. The average molecular weight is 346 g/mol. The van der Waals surface area contributed by atoms with Crippen LogP contribution in [0.3, 0.4) is 0 Å². The summed E-state index contributed by atoms with van der Waals surface area (Å²) in [5.74, 6) is -0.696. The molecule has 0 saturated carbocycles. The number of pyridine rings is 1. The highest BCUT2D eigenvalue weighted by Gasteiger charge is 2.11. The van der Waals surface area contributed by atoms with Gasteiger partial charge in [-0.25, -0.2) is 4.79 Å². The van der Waals surface area contributed by atoms with Crippen molar-refractivity contribution < 1.29 is 14.3 Å². The summed E-state index contributed by atoms with van der Waals surface area (Å²) in [6.45, 7) is 1.85. The van der Waals surface area contributed by atoms with Gasteiger partial charge in [0.25, 0.3) is 0 Å². The summed E-state index contributed by atoms with van der Waals surface area (Å²) in [6.07, 6.45) is 3.21. The molecule has 0 aliphatic heterocycles. The summed E-state index contributed by atoms with van der Waals surface area (Å²) in [6, 6.07) is 16.4. The quantitative estimate of drug-likeness (QED) is 0.573. The second-order valence-corrected chi connectivity index (χ2v) is 5.77. The molecule has 2 aromatic carbocycles. The third kappa shape index (κ3) is 3.95. The fourth-order valence-corrected chi connectivity index (χ4v) is 2.62. The first-order valence-electron chi connectivity index (χ1n) is 8.10. The van der Waals surface area contributed by atoms with Crippen LogP contribution in [0.15, 0.2) is 60.7 Å². The molecule has 0 atom stereocenters. The molecule has 0 bridgehead atoms. The lowest BCUT2D eigenvalue weighted by atomic mass is 10.1. The van der Waals surface area contributed by atoms with Gasteiger partial charge in [-0.3, -0.25) is 9.78 Å². The van der Waals surface area contributed by atoms with Crippen LogP contribution in [0.5, 0.6) is 0 Å². The van der Waals surface area contributed by atoms with E-state index in [1.807, 2.05) is 37.3 Å². The third-order valence-corrected chi connectivity index (χ3v) is 3.84. The number of fused-ring (bicyclic) bond motifs is 1. The Hall–Kier alpha value is -3.47. The molecule has 3 rings (SSSR count). The lowest BCUT2D eigenvalue weighted by molar-refractivity contribution is -0.111. The zero-order valence-corrected chi connectivity index (χ0v) is 14.5. The number of carbonyl (C=O) groups excluding carboxylic acids is 2. The summed E-state index contributed by atoms with van der Waals surface area (Å²) >= 11 is 0. The Morgan fingerprint density at radius 2 is 1.85 bits per heavy atom. The number of rotatable bonds is 4. The number of ether oxygens (including phenoxy) is 1. The average Bonchev–Trinajstić information content (AvgIpc) is 2.66. The predicted octanol–water partition coefficient (Wildman–Crippen LogP) is 3.98. The monoisotopic (exact) mass is 346 g/mol. The topological polar surface area (TPSA) is 68.3 Å². The smallest absolute Gasteiger partial charge is 0.337 e. The molecule has 5 heteroatoms. The van der Waals surface area contributed by atoms with Crippen molar-refractivity contribution in [2.75, 3.05) is 12.4 Å². The van der Waals surface area contributed by atoms with Crippen molar-refractivity contribution in [3.8, 4) is 0 Å². The Balaban J connectivity index is 1.91. The number of benzene rings is 2. The molecule has 130 valence electrons. The number of amides is 1. The zero-order chi connectivity index (χ0) is 18.5. The van der Waals surface area contributed by atoms with E-state index in [9.17, 15) is 9.59 Å². The van der Waals surface area contributed by atoms with Crippen molar-refractivity contribution in [3.63, 3.8) is 0 Å². The number of anilines is 1. The van der Waals surface area contributed by atoms with Gasteiger partial charge < -0.3 is 10.1 Å². The lowest BCUT2D eigenvalue weighted by Gasteiger charge is -2.09. The van der Waals surface area contributed by atoms with Gasteiger partial charge in [0.15, 0.2) is 0 Å². The first kappa shape index (κ1) is 17.4. The van der Waals surface area contributed by atoms with E-state index < -0.39 is 5.97 Å². The van der Waals surface area contributed by atoms with E-state index in [1.165, 1.54) is 13.2 Å². The highest BCUT2D eigenvalue weighted by Crippen LogP contribution is 2.25. The van der Waals surface area contributed by atoms with Crippen molar-refractivity contribution in [1.29, 1.82) is 0 Å². The number of esters is 1. The van der Waals surface area contributed by atoms with Gasteiger partial charge >= 0.3 is 5.97 Å².